The molecule has 29 heavy (non-hydrogen) atoms. The molecule has 1 aromatic carbocycles. The van der Waals surface area contributed by atoms with Crippen molar-refractivity contribution in [2.45, 2.75) is 20.4 Å². The van der Waals surface area contributed by atoms with Crippen LogP contribution in [0.25, 0.3) is 5.69 Å². The first-order valence-electron chi connectivity index (χ1n) is 9.43. The Hall–Kier alpha value is -3.48. The van der Waals surface area contributed by atoms with Crippen LogP contribution in [-0.4, -0.2) is 35.8 Å². The highest BCUT2D eigenvalue weighted by Gasteiger charge is 2.19. The van der Waals surface area contributed by atoms with Crippen LogP contribution in [-0.2, 0) is 6.54 Å². The van der Waals surface area contributed by atoms with E-state index in [0.717, 1.165) is 34.1 Å². The standard InChI is InChI=1S/C22H23N3O4/c1-14-10-18(22(26)24-13-16-4-7-21(27-3)23-12-16)15(2)25(14)17-5-6-19-20(11-17)29-9-8-28-19/h4-7,10-12H,8-9,13H2,1-3H3,(H,24,26). The van der Waals surface area contributed by atoms with Crippen LogP contribution < -0.4 is 19.5 Å². The summed E-state index contributed by atoms with van der Waals surface area (Å²) >= 11 is 0. The summed E-state index contributed by atoms with van der Waals surface area (Å²) in [4.78, 5) is 16.9. The van der Waals surface area contributed by atoms with Gasteiger partial charge in [0, 0.05) is 41.9 Å². The largest absolute Gasteiger partial charge is 0.486 e. The van der Waals surface area contributed by atoms with Crippen LogP contribution in [0.1, 0.15) is 27.3 Å². The van der Waals surface area contributed by atoms with Gasteiger partial charge in [-0.15, -0.1) is 0 Å². The number of aryl methyl sites for hydroxylation is 1. The maximum absolute atomic E-state index is 12.8. The Bertz CT molecular complexity index is 1040. The highest BCUT2D eigenvalue weighted by atomic mass is 16.6. The van der Waals surface area contributed by atoms with Crippen LogP contribution in [0.15, 0.2) is 42.6 Å². The van der Waals surface area contributed by atoms with Gasteiger partial charge >= 0.3 is 0 Å². The number of methoxy groups -OCH3 is 1. The van der Waals surface area contributed by atoms with Crippen molar-refractivity contribution in [2.75, 3.05) is 20.3 Å². The molecule has 3 heterocycles. The van der Waals surface area contributed by atoms with Crippen molar-refractivity contribution in [3.8, 4) is 23.1 Å². The van der Waals surface area contributed by atoms with E-state index in [-0.39, 0.29) is 5.91 Å². The second kappa shape index (κ2) is 7.87. The summed E-state index contributed by atoms with van der Waals surface area (Å²) in [6.45, 7) is 5.40. The predicted octanol–water partition coefficient (Wildman–Crippen LogP) is 3.20. The number of ether oxygens (including phenoxy) is 3. The second-order valence-corrected chi connectivity index (χ2v) is 6.84. The topological polar surface area (TPSA) is 74.6 Å². The molecule has 7 heteroatoms. The Balaban J connectivity index is 1.54. The van der Waals surface area contributed by atoms with Crippen LogP contribution in [0.2, 0.25) is 0 Å². The number of amides is 1. The SMILES string of the molecule is COc1ccc(CNC(=O)c2cc(C)n(-c3ccc4c(c3)OCCO4)c2C)cn1. The van der Waals surface area contributed by atoms with E-state index in [0.29, 0.717) is 31.2 Å². The molecule has 1 N–H and O–H groups in total. The maximum Gasteiger partial charge on any atom is 0.253 e. The molecular weight excluding hydrogens is 370 g/mol. The Morgan fingerprint density at radius 3 is 2.66 bits per heavy atom. The van der Waals surface area contributed by atoms with Crippen molar-refractivity contribution < 1.29 is 19.0 Å². The van der Waals surface area contributed by atoms with Gasteiger partial charge < -0.3 is 24.1 Å². The first kappa shape index (κ1) is 18.9. The van der Waals surface area contributed by atoms with Gasteiger partial charge in [-0.2, -0.15) is 0 Å². The fraction of sp³-hybridized carbons (Fsp3) is 0.273. The summed E-state index contributed by atoms with van der Waals surface area (Å²) in [6, 6.07) is 11.4. The third-order valence-electron chi connectivity index (χ3n) is 4.92. The Morgan fingerprint density at radius 2 is 1.93 bits per heavy atom. The summed E-state index contributed by atoms with van der Waals surface area (Å²) in [6.07, 6.45) is 1.69. The van der Waals surface area contributed by atoms with Crippen LogP contribution in [0.4, 0.5) is 0 Å². The summed E-state index contributed by atoms with van der Waals surface area (Å²) in [5, 5.41) is 2.96. The average Bonchev–Trinajstić information content (AvgIpc) is 3.06. The third kappa shape index (κ3) is 3.76. The maximum atomic E-state index is 12.8. The number of carbonyl (C=O) groups excluding carboxylic acids is 1. The van der Waals surface area contributed by atoms with Crippen LogP contribution >= 0.6 is 0 Å². The summed E-state index contributed by atoms with van der Waals surface area (Å²) < 4.78 is 18.4. The monoisotopic (exact) mass is 393 g/mol. The van der Waals surface area contributed by atoms with Crippen molar-refractivity contribution in [3.05, 3.63) is 65.1 Å². The van der Waals surface area contributed by atoms with E-state index in [4.69, 9.17) is 14.2 Å². The molecule has 0 unspecified atom stereocenters. The Kier molecular flexibility index (Phi) is 5.12. The zero-order valence-corrected chi connectivity index (χ0v) is 16.7. The molecule has 3 aromatic rings. The molecule has 2 aromatic heterocycles. The smallest absolute Gasteiger partial charge is 0.253 e. The van der Waals surface area contributed by atoms with Crippen molar-refractivity contribution in [2.24, 2.45) is 0 Å². The van der Waals surface area contributed by atoms with Crippen molar-refractivity contribution in [3.63, 3.8) is 0 Å². The first-order valence-corrected chi connectivity index (χ1v) is 9.43. The lowest BCUT2D eigenvalue weighted by Crippen LogP contribution is -2.23. The minimum Gasteiger partial charge on any atom is -0.486 e. The molecule has 0 radical (unpaired) electrons. The molecule has 1 amide bonds. The lowest BCUT2D eigenvalue weighted by molar-refractivity contribution is 0.0950. The fourth-order valence-electron chi connectivity index (χ4n) is 3.47. The third-order valence-corrected chi connectivity index (χ3v) is 4.92. The van der Waals surface area contributed by atoms with Crippen LogP contribution in [0.5, 0.6) is 17.4 Å². The molecule has 0 fully saturated rings. The zero-order valence-electron chi connectivity index (χ0n) is 16.7. The Labute approximate surface area is 169 Å². The highest BCUT2D eigenvalue weighted by molar-refractivity contribution is 5.95. The van der Waals surface area contributed by atoms with E-state index in [9.17, 15) is 4.79 Å². The normalized spacial score (nSPS) is 12.5. The predicted molar refractivity (Wildman–Crippen MR) is 108 cm³/mol. The second-order valence-electron chi connectivity index (χ2n) is 6.84. The molecule has 0 saturated carbocycles. The van der Waals surface area contributed by atoms with Gasteiger partial charge in [0.2, 0.25) is 5.88 Å². The van der Waals surface area contributed by atoms with Gasteiger partial charge in [0.1, 0.15) is 13.2 Å². The van der Waals surface area contributed by atoms with E-state index < -0.39 is 0 Å². The lowest BCUT2D eigenvalue weighted by atomic mass is 10.2. The minimum absolute atomic E-state index is 0.127. The molecule has 1 aliphatic heterocycles. The number of nitrogens with one attached hydrogen (secondary N) is 1. The number of pyridine rings is 1. The molecule has 150 valence electrons. The van der Waals surface area contributed by atoms with E-state index in [2.05, 4.69) is 10.3 Å². The molecule has 0 saturated heterocycles. The van der Waals surface area contributed by atoms with Gasteiger partial charge in [-0.25, -0.2) is 4.98 Å². The van der Waals surface area contributed by atoms with Crippen LogP contribution in [0, 0.1) is 13.8 Å². The number of hydrogen-bond donors (Lipinski definition) is 1. The number of fused-ring (bicyclic) bond motifs is 1. The molecule has 1 aliphatic rings. The van der Waals surface area contributed by atoms with Crippen molar-refractivity contribution in [1.82, 2.24) is 14.9 Å². The van der Waals surface area contributed by atoms with Gasteiger partial charge in [0.15, 0.2) is 11.5 Å². The quantitative estimate of drug-likeness (QED) is 0.721. The van der Waals surface area contributed by atoms with Crippen molar-refractivity contribution in [1.29, 1.82) is 0 Å². The van der Waals surface area contributed by atoms with Crippen LogP contribution in [0.3, 0.4) is 0 Å². The molecular formula is C22H23N3O4. The van der Waals surface area contributed by atoms with E-state index in [1.54, 1.807) is 19.4 Å². The van der Waals surface area contributed by atoms with E-state index >= 15 is 0 Å². The molecule has 0 aliphatic carbocycles. The fourth-order valence-corrected chi connectivity index (χ4v) is 3.47. The number of carbonyl (C=O) groups is 1. The molecule has 0 spiro atoms. The van der Waals surface area contributed by atoms with Gasteiger partial charge in [0.25, 0.3) is 5.91 Å². The molecule has 4 rings (SSSR count). The van der Waals surface area contributed by atoms with Gasteiger partial charge in [-0.1, -0.05) is 6.07 Å². The number of benzene rings is 1. The number of hydrogen-bond acceptors (Lipinski definition) is 5. The first-order chi connectivity index (χ1) is 14.1. The van der Waals surface area contributed by atoms with E-state index in [1.807, 2.05) is 48.7 Å². The van der Waals surface area contributed by atoms with Gasteiger partial charge in [-0.05, 0) is 37.6 Å². The van der Waals surface area contributed by atoms with Gasteiger partial charge in [0.05, 0.1) is 12.7 Å². The highest BCUT2D eigenvalue weighted by Crippen LogP contribution is 2.33. The minimum atomic E-state index is -0.127. The summed E-state index contributed by atoms with van der Waals surface area (Å²) in [7, 11) is 1.57. The molecule has 7 nitrogen and oxygen atoms in total. The zero-order chi connectivity index (χ0) is 20.4. The Morgan fingerprint density at radius 1 is 1.14 bits per heavy atom. The molecule has 0 bridgehead atoms. The summed E-state index contributed by atoms with van der Waals surface area (Å²) in [5.41, 5.74) is 4.31. The van der Waals surface area contributed by atoms with Crippen molar-refractivity contribution >= 4 is 5.91 Å². The number of nitrogens with zero attached hydrogens (tertiary/aromatic N) is 2. The average molecular weight is 393 g/mol. The van der Waals surface area contributed by atoms with E-state index in [1.165, 1.54) is 0 Å². The number of rotatable bonds is 5. The van der Waals surface area contributed by atoms with Gasteiger partial charge in [-0.3, -0.25) is 4.79 Å². The lowest BCUT2D eigenvalue weighted by Gasteiger charge is -2.20. The number of aromatic nitrogens is 2. The summed E-state index contributed by atoms with van der Waals surface area (Å²) in [5.74, 6) is 1.88. The molecule has 0 atom stereocenters.